The zero-order valence-corrected chi connectivity index (χ0v) is 12.3. The fourth-order valence-corrected chi connectivity index (χ4v) is 2.69. The van der Waals surface area contributed by atoms with Gasteiger partial charge in [-0.1, -0.05) is 27.5 Å². The largest absolute Gasteiger partial charge is 0.339 e. The van der Waals surface area contributed by atoms with E-state index in [1.807, 2.05) is 13.1 Å². The van der Waals surface area contributed by atoms with E-state index in [-0.39, 0.29) is 5.91 Å². The molecule has 1 fully saturated rings. The molecule has 1 aliphatic carbocycles. The SMILES string of the molecule is CC(C1CC1)N(C)C(=O)c1ccc(Br)cc1Cl. The van der Waals surface area contributed by atoms with Crippen LogP contribution in [0.4, 0.5) is 0 Å². The first kappa shape index (κ1) is 12.9. The van der Waals surface area contributed by atoms with Crippen LogP contribution in [0.2, 0.25) is 5.02 Å². The number of nitrogens with zero attached hydrogens (tertiary/aromatic N) is 1. The van der Waals surface area contributed by atoms with Crippen LogP contribution in [0, 0.1) is 5.92 Å². The molecule has 1 unspecified atom stereocenters. The van der Waals surface area contributed by atoms with Gasteiger partial charge in [-0.15, -0.1) is 0 Å². The second kappa shape index (κ2) is 4.99. The molecule has 0 bridgehead atoms. The summed E-state index contributed by atoms with van der Waals surface area (Å²) in [6.07, 6.45) is 2.46. The predicted molar refractivity (Wildman–Crippen MR) is 73.4 cm³/mol. The van der Waals surface area contributed by atoms with Crippen LogP contribution in [0.15, 0.2) is 22.7 Å². The smallest absolute Gasteiger partial charge is 0.255 e. The van der Waals surface area contributed by atoms with Crippen LogP contribution in [0.25, 0.3) is 0 Å². The number of benzene rings is 1. The number of halogens is 2. The van der Waals surface area contributed by atoms with Gasteiger partial charge in [0.1, 0.15) is 0 Å². The van der Waals surface area contributed by atoms with E-state index < -0.39 is 0 Å². The molecule has 1 aromatic carbocycles. The van der Waals surface area contributed by atoms with Gasteiger partial charge in [-0.3, -0.25) is 4.79 Å². The van der Waals surface area contributed by atoms with E-state index in [4.69, 9.17) is 11.6 Å². The summed E-state index contributed by atoms with van der Waals surface area (Å²) in [5, 5.41) is 0.499. The third-order valence-electron chi connectivity index (χ3n) is 3.40. The Morgan fingerprint density at radius 1 is 1.53 bits per heavy atom. The number of carbonyl (C=O) groups excluding carboxylic acids is 1. The molecule has 2 rings (SSSR count). The molecule has 2 nitrogen and oxygen atoms in total. The highest BCUT2D eigenvalue weighted by Gasteiger charge is 2.33. The molecule has 1 aromatic rings. The van der Waals surface area contributed by atoms with Gasteiger partial charge < -0.3 is 4.90 Å². The van der Waals surface area contributed by atoms with Gasteiger partial charge in [0.15, 0.2) is 0 Å². The highest BCUT2D eigenvalue weighted by Crippen LogP contribution is 2.35. The molecule has 0 spiro atoms. The van der Waals surface area contributed by atoms with Gasteiger partial charge in [-0.2, -0.15) is 0 Å². The van der Waals surface area contributed by atoms with Crippen LogP contribution in [0.3, 0.4) is 0 Å². The molecule has 4 heteroatoms. The molecule has 1 saturated carbocycles. The van der Waals surface area contributed by atoms with Crippen LogP contribution in [0.5, 0.6) is 0 Å². The Bertz CT molecular complexity index is 445. The monoisotopic (exact) mass is 315 g/mol. The van der Waals surface area contributed by atoms with E-state index in [1.54, 1.807) is 17.0 Å². The van der Waals surface area contributed by atoms with Crippen molar-refractivity contribution in [3.05, 3.63) is 33.3 Å². The highest BCUT2D eigenvalue weighted by atomic mass is 79.9. The van der Waals surface area contributed by atoms with Gasteiger partial charge in [0.25, 0.3) is 5.91 Å². The third-order valence-corrected chi connectivity index (χ3v) is 4.20. The fraction of sp³-hybridized carbons (Fsp3) is 0.462. The summed E-state index contributed by atoms with van der Waals surface area (Å²) >= 11 is 9.43. The Balaban J connectivity index is 2.18. The Hall–Kier alpha value is -0.540. The predicted octanol–water partition coefficient (Wildman–Crippen LogP) is 3.97. The fourth-order valence-electron chi connectivity index (χ4n) is 1.93. The van der Waals surface area contributed by atoms with Crippen molar-refractivity contribution >= 4 is 33.4 Å². The van der Waals surface area contributed by atoms with Crippen LogP contribution < -0.4 is 0 Å². The van der Waals surface area contributed by atoms with E-state index in [1.165, 1.54) is 12.8 Å². The second-order valence-corrected chi connectivity index (χ2v) is 5.94. The minimum absolute atomic E-state index is 0.00176. The molecule has 0 N–H and O–H groups in total. The van der Waals surface area contributed by atoms with Crippen LogP contribution >= 0.6 is 27.5 Å². The van der Waals surface area contributed by atoms with Gasteiger partial charge in [0.2, 0.25) is 0 Å². The zero-order chi connectivity index (χ0) is 12.6. The van der Waals surface area contributed by atoms with Gasteiger partial charge in [-0.05, 0) is 43.9 Å². The van der Waals surface area contributed by atoms with Crippen molar-refractivity contribution in [1.82, 2.24) is 4.90 Å². The Morgan fingerprint density at radius 2 is 2.18 bits per heavy atom. The van der Waals surface area contributed by atoms with Crippen molar-refractivity contribution in [2.75, 3.05) is 7.05 Å². The summed E-state index contributed by atoms with van der Waals surface area (Å²) in [4.78, 5) is 14.1. The quantitative estimate of drug-likeness (QED) is 0.826. The lowest BCUT2D eigenvalue weighted by Gasteiger charge is -2.25. The van der Waals surface area contributed by atoms with Crippen LogP contribution in [-0.2, 0) is 0 Å². The molecule has 0 aromatic heterocycles. The Labute approximate surface area is 115 Å². The molecule has 0 radical (unpaired) electrons. The second-order valence-electron chi connectivity index (χ2n) is 4.62. The normalized spacial score (nSPS) is 16.7. The maximum atomic E-state index is 12.3. The number of hydrogen-bond donors (Lipinski definition) is 0. The summed E-state index contributed by atoms with van der Waals surface area (Å²) in [7, 11) is 1.85. The van der Waals surface area contributed by atoms with Gasteiger partial charge >= 0.3 is 0 Å². The number of rotatable bonds is 3. The Morgan fingerprint density at radius 3 is 2.71 bits per heavy atom. The van der Waals surface area contributed by atoms with Crippen molar-refractivity contribution in [2.24, 2.45) is 5.92 Å². The van der Waals surface area contributed by atoms with E-state index >= 15 is 0 Å². The average Bonchev–Trinajstić information content (AvgIpc) is 3.10. The summed E-state index contributed by atoms with van der Waals surface area (Å²) in [5.41, 5.74) is 0.574. The summed E-state index contributed by atoms with van der Waals surface area (Å²) in [5.74, 6) is 0.667. The van der Waals surface area contributed by atoms with Gasteiger partial charge in [-0.25, -0.2) is 0 Å². The average molecular weight is 317 g/mol. The molecule has 0 aliphatic heterocycles. The van der Waals surface area contributed by atoms with Gasteiger partial charge in [0, 0.05) is 17.6 Å². The molecule has 1 atom stereocenters. The van der Waals surface area contributed by atoms with Gasteiger partial charge in [0.05, 0.1) is 10.6 Å². The van der Waals surface area contributed by atoms with E-state index in [9.17, 15) is 4.79 Å². The van der Waals surface area contributed by atoms with Crippen molar-refractivity contribution in [3.63, 3.8) is 0 Å². The van der Waals surface area contributed by atoms with Crippen molar-refractivity contribution in [3.8, 4) is 0 Å². The minimum Gasteiger partial charge on any atom is -0.339 e. The molecule has 0 saturated heterocycles. The standard InChI is InChI=1S/C13H15BrClNO/c1-8(9-3-4-9)16(2)13(17)11-6-5-10(14)7-12(11)15/h5-9H,3-4H2,1-2H3. The number of hydrogen-bond acceptors (Lipinski definition) is 1. The number of carbonyl (C=O) groups is 1. The topological polar surface area (TPSA) is 20.3 Å². The molecule has 1 amide bonds. The van der Waals surface area contributed by atoms with Crippen LogP contribution in [-0.4, -0.2) is 23.9 Å². The molecule has 17 heavy (non-hydrogen) atoms. The molecule has 1 aliphatic rings. The van der Waals surface area contributed by atoms with Crippen molar-refractivity contribution < 1.29 is 4.79 Å². The minimum atomic E-state index is 0.00176. The first-order valence-corrected chi connectivity index (χ1v) is 6.90. The van der Waals surface area contributed by atoms with Crippen molar-refractivity contribution in [1.29, 1.82) is 0 Å². The summed E-state index contributed by atoms with van der Waals surface area (Å²) < 4.78 is 0.886. The molecular weight excluding hydrogens is 302 g/mol. The maximum Gasteiger partial charge on any atom is 0.255 e. The Kier molecular flexibility index (Phi) is 3.79. The lowest BCUT2D eigenvalue weighted by Crippen LogP contribution is -2.36. The van der Waals surface area contributed by atoms with E-state index in [0.717, 1.165) is 4.47 Å². The lowest BCUT2D eigenvalue weighted by molar-refractivity contribution is 0.0727. The molecular formula is C13H15BrClNO. The van der Waals surface area contributed by atoms with Crippen molar-refractivity contribution in [2.45, 2.75) is 25.8 Å². The van der Waals surface area contributed by atoms with E-state index in [0.29, 0.717) is 22.5 Å². The maximum absolute atomic E-state index is 12.3. The summed E-state index contributed by atoms with van der Waals surface area (Å²) in [6.45, 7) is 2.10. The first-order valence-electron chi connectivity index (χ1n) is 5.73. The van der Waals surface area contributed by atoms with Crippen LogP contribution in [0.1, 0.15) is 30.1 Å². The molecule has 92 valence electrons. The highest BCUT2D eigenvalue weighted by molar-refractivity contribution is 9.10. The summed E-state index contributed by atoms with van der Waals surface area (Å²) in [6, 6.07) is 5.66. The molecule has 0 heterocycles. The third kappa shape index (κ3) is 2.83. The zero-order valence-electron chi connectivity index (χ0n) is 9.91. The van der Waals surface area contributed by atoms with E-state index in [2.05, 4.69) is 22.9 Å². The first-order chi connectivity index (χ1) is 8.00. The number of amides is 1. The lowest BCUT2D eigenvalue weighted by atomic mass is 10.1.